The summed E-state index contributed by atoms with van der Waals surface area (Å²) in [5.41, 5.74) is 5.49. The van der Waals surface area contributed by atoms with Crippen molar-refractivity contribution in [3.63, 3.8) is 0 Å². The van der Waals surface area contributed by atoms with Gasteiger partial charge in [0.05, 0.1) is 6.61 Å². The van der Waals surface area contributed by atoms with Crippen molar-refractivity contribution in [3.05, 3.63) is 0 Å². The van der Waals surface area contributed by atoms with Gasteiger partial charge in [-0.05, 0) is 39.5 Å². The van der Waals surface area contributed by atoms with Crippen LogP contribution in [0.4, 0.5) is 0 Å². The number of hydrogen-bond donors (Lipinski definition) is 3. The Morgan fingerprint density at radius 2 is 2.07 bits per heavy atom. The van der Waals surface area contributed by atoms with Crippen LogP contribution in [-0.2, 0) is 4.79 Å². The zero-order valence-electron chi connectivity index (χ0n) is 9.62. The molecule has 1 aliphatic carbocycles. The molecular weight excluding hydrogens is 192 g/mol. The molecule has 4 heteroatoms. The van der Waals surface area contributed by atoms with Gasteiger partial charge in [0, 0.05) is 17.5 Å². The van der Waals surface area contributed by atoms with Crippen LogP contribution in [0.5, 0.6) is 0 Å². The van der Waals surface area contributed by atoms with Crippen molar-refractivity contribution >= 4 is 5.91 Å². The minimum absolute atomic E-state index is 0.0194. The lowest BCUT2D eigenvalue weighted by Gasteiger charge is -2.35. The lowest BCUT2D eigenvalue weighted by Crippen LogP contribution is -2.49. The third kappa shape index (κ3) is 3.47. The van der Waals surface area contributed by atoms with Crippen LogP contribution >= 0.6 is 0 Å². The van der Waals surface area contributed by atoms with Gasteiger partial charge in [0.1, 0.15) is 0 Å². The fourth-order valence-corrected chi connectivity index (χ4v) is 2.02. The summed E-state index contributed by atoms with van der Waals surface area (Å²) < 4.78 is 0. The summed E-state index contributed by atoms with van der Waals surface area (Å²) in [6, 6.07) is 0.194. The molecule has 1 saturated carbocycles. The maximum Gasteiger partial charge on any atom is 0.223 e. The first-order valence-corrected chi connectivity index (χ1v) is 5.67. The molecule has 4 N–H and O–H groups in total. The van der Waals surface area contributed by atoms with Crippen molar-refractivity contribution in [2.75, 3.05) is 6.61 Å². The van der Waals surface area contributed by atoms with Crippen molar-refractivity contribution in [3.8, 4) is 0 Å². The Morgan fingerprint density at radius 3 is 2.47 bits per heavy atom. The Labute approximate surface area is 91.2 Å². The van der Waals surface area contributed by atoms with E-state index in [4.69, 9.17) is 10.8 Å². The van der Waals surface area contributed by atoms with E-state index in [1.54, 1.807) is 0 Å². The molecule has 1 rings (SSSR count). The van der Waals surface area contributed by atoms with Crippen LogP contribution in [0.15, 0.2) is 0 Å². The fraction of sp³-hybridized carbons (Fsp3) is 0.909. The van der Waals surface area contributed by atoms with Gasteiger partial charge in [-0.3, -0.25) is 4.79 Å². The van der Waals surface area contributed by atoms with Crippen molar-refractivity contribution < 1.29 is 9.90 Å². The summed E-state index contributed by atoms with van der Waals surface area (Å²) in [7, 11) is 0. The summed E-state index contributed by atoms with van der Waals surface area (Å²) in [5, 5.41) is 12.0. The van der Waals surface area contributed by atoms with E-state index in [1.807, 2.05) is 13.8 Å². The maximum atomic E-state index is 11.7. The molecule has 0 aromatic rings. The summed E-state index contributed by atoms with van der Waals surface area (Å²) in [6.07, 6.45) is 3.05. The first-order chi connectivity index (χ1) is 6.97. The Morgan fingerprint density at radius 1 is 1.53 bits per heavy atom. The lowest BCUT2D eigenvalue weighted by atomic mass is 9.77. The predicted octanol–water partition coefficient (Wildman–Crippen LogP) is 0.391. The Balaban J connectivity index is 2.40. The minimum atomic E-state index is -0.450. The Hall–Kier alpha value is -0.610. The zero-order valence-corrected chi connectivity index (χ0v) is 9.62. The van der Waals surface area contributed by atoms with E-state index in [0.717, 1.165) is 25.7 Å². The molecule has 0 heterocycles. The first kappa shape index (κ1) is 12.5. The standard InChI is InChI=1S/C11H22N2O2/c1-8(2)13-10(15)9-3-5-11(12,7-14)6-4-9/h8-9,14H,3-7,12H2,1-2H3,(H,13,15). The molecule has 0 aromatic heterocycles. The van der Waals surface area contributed by atoms with Gasteiger partial charge in [0.2, 0.25) is 5.91 Å². The minimum Gasteiger partial charge on any atom is -0.394 e. The highest BCUT2D eigenvalue weighted by Gasteiger charge is 2.33. The summed E-state index contributed by atoms with van der Waals surface area (Å²) in [4.78, 5) is 11.7. The molecule has 0 unspecified atom stereocenters. The fourth-order valence-electron chi connectivity index (χ4n) is 2.02. The highest BCUT2D eigenvalue weighted by molar-refractivity contribution is 5.78. The number of carbonyl (C=O) groups excluding carboxylic acids is 1. The summed E-state index contributed by atoms with van der Waals surface area (Å²) in [5.74, 6) is 0.209. The predicted molar refractivity (Wildman–Crippen MR) is 59.2 cm³/mol. The van der Waals surface area contributed by atoms with Crippen LogP contribution in [0, 0.1) is 5.92 Å². The molecule has 1 aliphatic rings. The molecule has 0 aromatic carbocycles. The second kappa shape index (κ2) is 4.94. The van der Waals surface area contributed by atoms with E-state index in [1.165, 1.54) is 0 Å². The van der Waals surface area contributed by atoms with E-state index in [9.17, 15) is 4.79 Å². The van der Waals surface area contributed by atoms with Crippen LogP contribution in [0.3, 0.4) is 0 Å². The second-order valence-corrected chi connectivity index (χ2v) is 4.96. The number of aliphatic hydroxyl groups is 1. The molecule has 0 bridgehead atoms. The van der Waals surface area contributed by atoms with Crippen molar-refractivity contribution in [2.45, 2.75) is 51.1 Å². The van der Waals surface area contributed by atoms with Crippen LogP contribution < -0.4 is 11.1 Å². The van der Waals surface area contributed by atoms with Crippen molar-refractivity contribution in [1.29, 1.82) is 0 Å². The van der Waals surface area contributed by atoms with E-state index in [0.29, 0.717) is 0 Å². The molecule has 0 spiro atoms. The van der Waals surface area contributed by atoms with Crippen LogP contribution in [0.25, 0.3) is 0 Å². The number of hydrogen-bond acceptors (Lipinski definition) is 3. The van der Waals surface area contributed by atoms with Crippen LogP contribution in [0.2, 0.25) is 0 Å². The monoisotopic (exact) mass is 214 g/mol. The van der Waals surface area contributed by atoms with E-state index >= 15 is 0 Å². The van der Waals surface area contributed by atoms with Gasteiger partial charge in [0.15, 0.2) is 0 Å². The average molecular weight is 214 g/mol. The number of aliphatic hydroxyl groups excluding tert-OH is 1. The SMILES string of the molecule is CC(C)NC(=O)C1CCC(N)(CO)CC1. The van der Waals surface area contributed by atoms with E-state index in [2.05, 4.69) is 5.32 Å². The van der Waals surface area contributed by atoms with Gasteiger partial charge in [-0.25, -0.2) is 0 Å². The number of amides is 1. The summed E-state index contributed by atoms with van der Waals surface area (Å²) >= 11 is 0. The Kier molecular flexibility index (Phi) is 4.11. The number of carbonyl (C=O) groups is 1. The molecule has 0 atom stereocenters. The third-order valence-corrected chi connectivity index (χ3v) is 3.10. The van der Waals surface area contributed by atoms with Gasteiger partial charge in [-0.15, -0.1) is 0 Å². The van der Waals surface area contributed by atoms with Crippen molar-refractivity contribution in [1.82, 2.24) is 5.32 Å². The number of nitrogens with one attached hydrogen (secondary N) is 1. The third-order valence-electron chi connectivity index (χ3n) is 3.10. The molecule has 1 fully saturated rings. The molecule has 88 valence electrons. The second-order valence-electron chi connectivity index (χ2n) is 4.96. The smallest absolute Gasteiger partial charge is 0.223 e. The van der Waals surface area contributed by atoms with Gasteiger partial charge < -0.3 is 16.2 Å². The normalized spacial score (nSPS) is 31.7. The highest BCUT2D eigenvalue weighted by atomic mass is 16.3. The average Bonchev–Trinajstić information content (AvgIpc) is 2.18. The largest absolute Gasteiger partial charge is 0.394 e. The van der Waals surface area contributed by atoms with Gasteiger partial charge in [-0.2, -0.15) is 0 Å². The Bertz CT molecular complexity index is 221. The first-order valence-electron chi connectivity index (χ1n) is 5.67. The molecule has 0 radical (unpaired) electrons. The van der Waals surface area contributed by atoms with E-state index in [-0.39, 0.29) is 24.5 Å². The molecule has 0 aliphatic heterocycles. The molecule has 4 nitrogen and oxygen atoms in total. The zero-order chi connectivity index (χ0) is 11.5. The number of nitrogens with two attached hydrogens (primary N) is 1. The maximum absolute atomic E-state index is 11.7. The molecule has 0 saturated heterocycles. The van der Waals surface area contributed by atoms with Crippen LogP contribution in [0.1, 0.15) is 39.5 Å². The summed E-state index contributed by atoms with van der Waals surface area (Å²) in [6.45, 7) is 3.94. The van der Waals surface area contributed by atoms with Gasteiger partial charge in [0.25, 0.3) is 0 Å². The van der Waals surface area contributed by atoms with Crippen molar-refractivity contribution in [2.24, 2.45) is 11.7 Å². The number of rotatable bonds is 3. The van der Waals surface area contributed by atoms with Gasteiger partial charge in [-0.1, -0.05) is 0 Å². The highest BCUT2D eigenvalue weighted by Crippen LogP contribution is 2.30. The van der Waals surface area contributed by atoms with E-state index < -0.39 is 5.54 Å². The molecular formula is C11H22N2O2. The molecule has 1 amide bonds. The van der Waals surface area contributed by atoms with Crippen LogP contribution in [-0.4, -0.2) is 29.2 Å². The topological polar surface area (TPSA) is 75.4 Å². The van der Waals surface area contributed by atoms with Gasteiger partial charge >= 0.3 is 0 Å². The molecule has 15 heavy (non-hydrogen) atoms. The quantitative estimate of drug-likeness (QED) is 0.636. The lowest BCUT2D eigenvalue weighted by molar-refractivity contribution is -0.126.